The van der Waals surface area contributed by atoms with E-state index in [1.807, 2.05) is 4.90 Å². The summed E-state index contributed by atoms with van der Waals surface area (Å²) in [6, 6.07) is 6.67. The van der Waals surface area contributed by atoms with Crippen molar-refractivity contribution in [1.82, 2.24) is 24.5 Å². The standard InChI is InChI=1S/C18H21F2N7O3/c1-18(29,10-28)25-15-22-16(26-6-8-30-9-7-26)24-17(23-15)27-12-5-3-2-4-11(12)21-14(27)13(19)20/h2-5,13,28-29H,6-10H2,1H3,(H,22,23,24,25). The van der Waals surface area contributed by atoms with Crippen molar-refractivity contribution >= 4 is 22.9 Å². The van der Waals surface area contributed by atoms with Gasteiger partial charge >= 0.3 is 0 Å². The first kappa shape index (κ1) is 20.3. The Morgan fingerprint density at radius 2 is 1.83 bits per heavy atom. The van der Waals surface area contributed by atoms with E-state index in [2.05, 4.69) is 25.3 Å². The van der Waals surface area contributed by atoms with Crippen molar-refractivity contribution in [2.75, 3.05) is 43.1 Å². The zero-order valence-electron chi connectivity index (χ0n) is 16.2. The summed E-state index contributed by atoms with van der Waals surface area (Å²) in [4.78, 5) is 18.8. The van der Waals surface area contributed by atoms with Gasteiger partial charge in [0.1, 0.15) is 0 Å². The van der Waals surface area contributed by atoms with Crippen molar-refractivity contribution in [2.45, 2.75) is 19.1 Å². The summed E-state index contributed by atoms with van der Waals surface area (Å²) in [5.41, 5.74) is -0.937. The number of halogens is 2. The van der Waals surface area contributed by atoms with Gasteiger partial charge in [-0.05, 0) is 19.1 Å². The predicted octanol–water partition coefficient (Wildman–Crippen LogP) is 1.10. The molecule has 1 saturated heterocycles. The molecular formula is C18H21F2N7O3. The third kappa shape index (κ3) is 4.01. The molecule has 1 aliphatic heterocycles. The van der Waals surface area contributed by atoms with E-state index in [-0.39, 0.29) is 17.8 Å². The van der Waals surface area contributed by atoms with Crippen LogP contribution in [0, 0.1) is 0 Å². The molecule has 1 aromatic carbocycles. The Kier molecular flexibility index (Phi) is 5.45. The minimum absolute atomic E-state index is 0.0708. The van der Waals surface area contributed by atoms with Gasteiger partial charge in [0.2, 0.25) is 17.8 Å². The molecule has 0 bridgehead atoms. The summed E-state index contributed by atoms with van der Waals surface area (Å²) in [6.45, 7) is 2.67. The smallest absolute Gasteiger partial charge is 0.296 e. The average molecular weight is 421 g/mol. The number of imidazole rings is 1. The van der Waals surface area contributed by atoms with Gasteiger partial charge in [-0.1, -0.05) is 12.1 Å². The molecule has 0 saturated carbocycles. The van der Waals surface area contributed by atoms with Gasteiger partial charge in [-0.15, -0.1) is 0 Å². The Labute approximate surface area is 170 Å². The van der Waals surface area contributed by atoms with Crippen LogP contribution in [0.4, 0.5) is 20.7 Å². The summed E-state index contributed by atoms with van der Waals surface area (Å²) >= 11 is 0. The zero-order chi connectivity index (χ0) is 21.3. The highest BCUT2D eigenvalue weighted by Gasteiger charge is 2.26. The Bertz CT molecular complexity index is 1040. The van der Waals surface area contributed by atoms with Crippen molar-refractivity contribution in [1.29, 1.82) is 0 Å². The number of alkyl halides is 2. The van der Waals surface area contributed by atoms with Crippen molar-refractivity contribution < 1.29 is 23.7 Å². The van der Waals surface area contributed by atoms with Crippen LogP contribution in [-0.2, 0) is 4.74 Å². The molecule has 160 valence electrons. The molecular weight excluding hydrogens is 400 g/mol. The monoisotopic (exact) mass is 421 g/mol. The highest BCUT2D eigenvalue weighted by Crippen LogP contribution is 2.28. The Morgan fingerprint density at radius 1 is 1.13 bits per heavy atom. The molecule has 0 aliphatic carbocycles. The number of aliphatic hydroxyl groups is 2. The third-order valence-corrected chi connectivity index (χ3v) is 4.58. The Balaban J connectivity index is 1.88. The number of ether oxygens (including phenoxy) is 1. The predicted molar refractivity (Wildman–Crippen MR) is 104 cm³/mol. The number of nitrogens with zero attached hydrogens (tertiary/aromatic N) is 6. The highest BCUT2D eigenvalue weighted by molar-refractivity contribution is 5.77. The van der Waals surface area contributed by atoms with Gasteiger partial charge in [-0.2, -0.15) is 15.0 Å². The number of hydrogen-bond acceptors (Lipinski definition) is 9. The third-order valence-electron chi connectivity index (χ3n) is 4.58. The van der Waals surface area contributed by atoms with Crippen molar-refractivity contribution in [3.05, 3.63) is 30.1 Å². The fourth-order valence-electron chi connectivity index (χ4n) is 3.10. The van der Waals surface area contributed by atoms with E-state index >= 15 is 0 Å². The van der Waals surface area contributed by atoms with E-state index in [1.54, 1.807) is 24.3 Å². The van der Waals surface area contributed by atoms with Gasteiger partial charge in [0, 0.05) is 13.1 Å². The highest BCUT2D eigenvalue weighted by atomic mass is 19.3. The number of benzene rings is 1. The molecule has 3 N–H and O–H groups in total. The quantitative estimate of drug-likeness (QED) is 0.502. The van der Waals surface area contributed by atoms with Gasteiger partial charge in [-0.3, -0.25) is 4.57 Å². The van der Waals surface area contributed by atoms with Crippen LogP contribution in [0.3, 0.4) is 0 Å². The van der Waals surface area contributed by atoms with Crippen LogP contribution in [-0.4, -0.2) is 73.4 Å². The van der Waals surface area contributed by atoms with E-state index in [0.29, 0.717) is 37.3 Å². The summed E-state index contributed by atoms with van der Waals surface area (Å²) in [6.07, 6.45) is -2.86. The van der Waals surface area contributed by atoms with Crippen LogP contribution >= 0.6 is 0 Å². The van der Waals surface area contributed by atoms with E-state index in [0.717, 1.165) is 0 Å². The average Bonchev–Trinajstić information content (AvgIpc) is 3.14. The molecule has 1 unspecified atom stereocenters. The molecule has 1 fully saturated rings. The minimum atomic E-state index is -2.86. The number of morpholine rings is 1. The number of rotatable bonds is 6. The largest absolute Gasteiger partial charge is 0.391 e. The maximum absolute atomic E-state index is 13.8. The first-order chi connectivity index (χ1) is 14.4. The number of para-hydroxylation sites is 2. The van der Waals surface area contributed by atoms with E-state index in [4.69, 9.17) is 4.74 Å². The lowest BCUT2D eigenvalue weighted by molar-refractivity contribution is 0.0257. The molecule has 3 heterocycles. The van der Waals surface area contributed by atoms with Crippen LogP contribution in [0.15, 0.2) is 24.3 Å². The van der Waals surface area contributed by atoms with Crippen LogP contribution < -0.4 is 10.2 Å². The zero-order valence-corrected chi connectivity index (χ0v) is 16.2. The van der Waals surface area contributed by atoms with Gasteiger partial charge in [0.25, 0.3) is 6.43 Å². The first-order valence-corrected chi connectivity index (χ1v) is 9.34. The molecule has 30 heavy (non-hydrogen) atoms. The van der Waals surface area contributed by atoms with Crippen molar-refractivity contribution in [3.63, 3.8) is 0 Å². The maximum atomic E-state index is 13.8. The number of anilines is 2. The SMILES string of the molecule is CC(O)(CO)Nc1nc(N2CCOCC2)nc(-n2c(C(F)F)nc3ccccc32)n1. The van der Waals surface area contributed by atoms with Crippen LogP contribution in [0.5, 0.6) is 0 Å². The van der Waals surface area contributed by atoms with Crippen LogP contribution in [0.1, 0.15) is 19.2 Å². The molecule has 0 spiro atoms. The maximum Gasteiger partial charge on any atom is 0.296 e. The van der Waals surface area contributed by atoms with Gasteiger partial charge in [0.15, 0.2) is 11.5 Å². The Hall–Kier alpha value is -2.96. The molecule has 2 aromatic heterocycles. The van der Waals surface area contributed by atoms with Crippen LogP contribution in [0.25, 0.3) is 17.0 Å². The second-order valence-corrected chi connectivity index (χ2v) is 7.01. The lowest BCUT2D eigenvalue weighted by Crippen LogP contribution is -2.40. The van der Waals surface area contributed by atoms with Crippen molar-refractivity contribution in [2.24, 2.45) is 0 Å². The topological polar surface area (TPSA) is 121 Å². The fraction of sp³-hybridized carbons (Fsp3) is 0.444. The number of aliphatic hydroxyl groups excluding tert-OH is 1. The molecule has 0 radical (unpaired) electrons. The molecule has 1 atom stereocenters. The van der Waals surface area contributed by atoms with Gasteiger partial charge < -0.3 is 25.2 Å². The molecule has 12 heteroatoms. The van der Waals surface area contributed by atoms with Crippen molar-refractivity contribution in [3.8, 4) is 5.95 Å². The molecule has 4 rings (SSSR count). The Morgan fingerprint density at radius 3 is 2.53 bits per heavy atom. The minimum Gasteiger partial charge on any atom is -0.391 e. The number of nitrogens with one attached hydrogen (secondary N) is 1. The summed E-state index contributed by atoms with van der Waals surface area (Å²) < 4.78 is 34.0. The molecule has 10 nitrogen and oxygen atoms in total. The second kappa shape index (κ2) is 8.05. The number of aromatic nitrogens is 5. The van der Waals surface area contributed by atoms with Crippen LogP contribution in [0.2, 0.25) is 0 Å². The first-order valence-electron chi connectivity index (χ1n) is 9.34. The lowest BCUT2D eigenvalue weighted by Gasteiger charge is -2.28. The summed E-state index contributed by atoms with van der Waals surface area (Å²) in [5, 5.41) is 22.2. The summed E-state index contributed by atoms with van der Waals surface area (Å²) in [7, 11) is 0. The lowest BCUT2D eigenvalue weighted by atomic mass is 10.3. The fourth-order valence-corrected chi connectivity index (χ4v) is 3.10. The number of fused-ring (bicyclic) bond motifs is 1. The molecule has 1 aliphatic rings. The normalized spacial score (nSPS) is 16.8. The molecule has 3 aromatic rings. The van der Waals surface area contributed by atoms with Gasteiger partial charge in [-0.25, -0.2) is 13.8 Å². The summed E-state index contributed by atoms with van der Waals surface area (Å²) in [5.74, 6) is -0.419. The van der Waals surface area contributed by atoms with E-state index in [1.165, 1.54) is 11.5 Å². The van der Waals surface area contributed by atoms with E-state index < -0.39 is 24.6 Å². The second-order valence-electron chi connectivity index (χ2n) is 7.01. The molecule has 0 amide bonds. The van der Waals surface area contributed by atoms with Gasteiger partial charge in [0.05, 0.1) is 30.9 Å². The number of hydrogen-bond donors (Lipinski definition) is 3. The van der Waals surface area contributed by atoms with E-state index in [9.17, 15) is 19.0 Å².